The van der Waals surface area contributed by atoms with Crippen LogP contribution in [-0.2, 0) is 13.1 Å². The van der Waals surface area contributed by atoms with Crippen LogP contribution in [0.4, 0.5) is 5.69 Å². The largest absolute Gasteiger partial charge is 0.447 e. The average Bonchev–Trinajstić information content (AvgIpc) is 3.23. The number of oxazole rings is 1. The van der Waals surface area contributed by atoms with E-state index in [1.165, 1.54) is 30.4 Å². The van der Waals surface area contributed by atoms with Crippen molar-refractivity contribution in [2.45, 2.75) is 50.7 Å². The summed E-state index contributed by atoms with van der Waals surface area (Å²) in [5.41, 5.74) is 3.93. The Morgan fingerprint density at radius 1 is 1.19 bits per heavy atom. The zero-order valence-corrected chi connectivity index (χ0v) is 14.8. The number of rotatable bonds is 4. The summed E-state index contributed by atoms with van der Waals surface area (Å²) in [5.74, 6) is 0.841. The minimum absolute atomic E-state index is 0.162. The second kappa shape index (κ2) is 6.52. The van der Waals surface area contributed by atoms with Crippen molar-refractivity contribution in [2.24, 2.45) is 0 Å². The molecule has 0 radical (unpaired) electrons. The number of anilines is 1. The van der Waals surface area contributed by atoms with Gasteiger partial charge in [0.05, 0.1) is 0 Å². The Hall–Kier alpha value is -2.18. The SMILES string of the molecule is O=C(Nc1cccc2c1CN(C1CC1)C2)c1ncoc1C1CCNCC1. The van der Waals surface area contributed by atoms with Crippen LogP contribution in [0.1, 0.15) is 59.0 Å². The molecule has 0 unspecified atom stereocenters. The van der Waals surface area contributed by atoms with Crippen molar-refractivity contribution in [1.82, 2.24) is 15.2 Å². The summed E-state index contributed by atoms with van der Waals surface area (Å²) in [6.07, 6.45) is 5.96. The molecule has 136 valence electrons. The van der Waals surface area contributed by atoms with Crippen LogP contribution in [0.3, 0.4) is 0 Å². The number of fused-ring (bicyclic) bond motifs is 1. The molecule has 2 N–H and O–H groups in total. The van der Waals surface area contributed by atoms with Gasteiger partial charge in [0, 0.05) is 30.7 Å². The smallest absolute Gasteiger partial charge is 0.277 e. The minimum Gasteiger partial charge on any atom is -0.447 e. The van der Waals surface area contributed by atoms with E-state index in [9.17, 15) is 4.79 Å². The third kappa shape index (κ3) is 2.93. The molecule has 0 atom stereocenters. The molecule has 1 aromatic carbocycles. The number of aromatic nitrogens is 1. The summed E-state index contributed by atoms with van der Waals surface area (Å²) in [6.45, 7) is 3.83. The zero-order chi connectivity index (χ0) is 17.5. The average molecular weight is 352 g/mol. The first-order chi connectivity index (χ1) is 12.8. The third-order valence-corrected chi connectivity index (χ3v) is 5.84. The number of nitrogens with one attached hydrogen (secondary N) is 2. The van der Waals surface area contributed by atoms with Gasteiger partial charge in [-0.2, -0.15) is 0 Å². The Kier molecular flexibility index (Phi) is 4.02. The predicted molar refractivity (Wildman–Crippen MR) is 98.0 cm³/mol. The van der Waals surface area contributed by atoms with Crippen molar-refractivity contribution in [3.63, 3.8) is 0 Å². The summed E-state index contributed by atoms with van der Waals surface area (Å²) in [6, 6.07) is 6.93. The van der Waals surface area contributed by atoms with Gasteiger partial charge in [0.2, 0.25) is 0 Å². The monoisotopic (exact) mass is 352 g/mol. The van der Waals surface area contributed by atoms with Gasteiger partial charge in [0.25, 0.3) is 5.91 Å². The van der Waals surface area contributed by atoms with Crippen LogP contribution in [0.25, 0.3) is 0 Å². The highest BCUT2D eigenvalue weighted by atomic mass is 16.3. The van der Waals surface area contributed by atoms with Crippen LogP contribution in [0, 0.1) is 0 Å². The molecular weight excluding hydrogens is 328 g/mol. The number of benzene rings is 1. The number of amides is 1. The van der Waals surface area contributed by atoms with Gasteiger partial charge in [-0.15, -0.1) is 0 Å². The first kappa shape index (κ1) is 16.0. The molecule has 3 heterocycles. The zero-order valence-electron chi connectivity index (χ0n) is 14.8. The Morgan fingerprint density at radius 2 is 2.04 bits per heavy atom. The van der Waals surface area contributed by atoms with Gasteiger partial charge in [-0.25, -0.2) is 4.98 Å². The van der Waals surface area contributed by atoms with Gasteiger partial charge in [0.1, 0.15) is 5.76 Å². The molecule has 1 aliphatic carbocycles. The van der Waals surface area contributed by atoms with Crippen LogP contribution < -0.4 is 10.6 Å². The lowest BCUT2D eigenvalue weighted by Gasteiger charge is -2.21. The highest BCUT2D eigenvalue weighted by Gasteiger charge is 2.34. The standard InChI is InChI=1S/C20H24N4O2/c25-20(18-19(26-12-22-18)13-6-8-21-9-7-13)23-17-3-1-2-14-10-24(11-16(14)17)15-4-5-15/h1-3,12-13,15,21H,4-11H2,(H,23,25). The molecule has 6 heteroatoms. The van der Waals surface area contributed by atoms with Gasteiger partial charge in [-0.1, -0.05) is 12.1 Å². The molecule has 26 heavy (non-hydrogen) atoms. The fourth-order valence-corrected chi connectivity index (χ4v) is 4.24. The van der Waals surface area contributed by atoms with E-state index in [1.807, 2.05) is 12.1 Å². The predicted octanol–water partition coefficient (Wildman–Crippen LogP) is 2.87. The first-order valence-corrected chi connectivity index (χ1v) is 9.60. The van der Waals surface area contributed by atoms with E-state index in [-0.39, 0.29) is 11.8 Å². The fraction of sp³-hybridized carbons (Fsp3) is 0.500. The summed E-state index contributed by atoms with van der Waals surface area (Å²) in [7, 11) is 0. The minimum atomic E-state index is -0.162. The van der Waals surface area contributed by atoms with Crippen LogP contribution in [0.5, 0.6) is 0 Å². The van der Waals surface area contributed by atoms with Crippen LogP contribution in [-0.4, -0.2) is 34.9 Å². The van der Waals surface area contributed by atoms with Crippen molar-refractivity contribution >= 4 is 11.6 Å². The Bertz CT molecular complexity index is 821. The van der Waals surface area contributed by atoms with Gasteiger partial charge in [-0.3, -0.25) is 9.69 Å². The van der Waals surface area contributed by atoms with E-state index in [0.717, 1.165) is 56.5 Å². The second-order valence-corrected chi connectivity index (χ2v) is 7.62. The molecule has 2 aliphatic heterocycles. The third-order valence-electron chi connectivity index (χ3n) is 5.84. The lowest BCUT2D eigenvalue weighted by molar-refractivity contribution is 0.101. The van der Waals surface area contributed by atoms with Crippen molar-refractivity contribution in [2.75, 3.05) is 18.4 Å². The maximum atomic E-state index is 12.9. The molecule has 1 aromatic heterocycles. The summed E-state index contributed by atoms with van der Waals surface area (Å²) >= 11 is 0. The normalized spacial score (nSPS) is 20.9. The molecule has 5 rings (SSSR count). The Labute approximate surface area is 153 Å². The van der Waals surface area contributed by atoms with E-state index in [4.69, 9.17) is 4.42 Å². The number of hydrogen-bond donors (Lipinski definition) is 2. The summed E-state index contributed by atoms with van der Waals surface area (Å²) < 4.78 is 5.60. The number of carbonyl (C=O) groups excluding carboxylic acids is 1. The first-order valence-electron chi connectivity index (χ1n) is 9.60. The van der Waals surface area contributed by atoms with Crippen molar-refractivity contribution in [3.8, 4) is 0 Å². The summed E-state index contributed by atoms with van der Waals surface area (Å²) in [5, 5.41) is 6.44. The van der Waals surface area contributed by atoms with Gasteiger partial charge in [-0.05, 0) is 56.0 Å². The summed E-state index contributed by atoms with van der Waals surface area (Å²) in [4.78, 5) is 19.6. The molecule has 1 saturated heterocycles. The van der Waals surface area contributed by atoms with Crippen LogP contribution in [0.15, 0.2) is 29.0 Å². The van der Waals surface area contributed by atoms with Crippen molar-refractivity contribution in [1.29, 1.82) is 0 Å². The van der Waals surface area contributed by atoms with E-state index < -0.39 is 0 Å². The van der Waals surface area contributed by atoms with Gasteiger partial charge < -0.3 is 15.1 Å². The maximum Gasteiger partial charge on any atom is 0.277 e. The molecule has 1 amide bonds. The number of carbonyl (C=O) groups is 1. The molecule has 2 aromatic rings. The molecule has 0 spiro atoms. The quantitative estimate of drug-likeness (QED) is 0.885. The van der Waals surface area contributed by atoms with Gasteiger partial charge >= 0.3 is 0 Å². The van der Waals surface area contributed by atoms with Crippen LogP contribution >= 0.6 is 0 Å². The molecular formula is C20H24N4O2. The number of piperidine rings is 1. The highest BCUT2D eigenvalue weighted by molar-refractivity contribution is 6.04. The van der Waals surface area contributed by atoms with Crippen molar-refractivity contribution < 1.29 is 9.21 Å². The lowest BCUT2D eigenvalue weighted by Crippen LogP contribution is -2.27. The second-order valence-electron chi connectivity index (χ2n) is 7.62. The van der Waals surface area contributed by atoms with E-state index in [1.54, 1.807) is 0 Å². The topological polar surface area (TPSA) is 70.4 Å². The van der Waals surface area contributed by atoms with E-state index >= 15 is 0 Å². The maximum absolute atomic E-state index is 12.9. The van der Waals surface area contributed by atoms with Crippen LogP contribution in [0.2, 0.25) is 0 Å². The number of nitrogens with zero attached hydrogens (tertiary/aromatic N) is 2. The highest BCUT2D eigenvalue weighted by Crippen LogP contribution is 2.37. The number of hydrogen-bond acceptors (Lipinski definition) is 5. The van der Waals surface area contributed by atoms with Gasteiger partial charge in [0.15, 0.2) is 12.1 Å². The molecule has 3 aliphatic rings. The Morgan fingerprint density at radius 3 is 2.85 bits per heavy atom. The molecule has 1 saturated carbocycles. The molecule has 0 bridgehead atoms. The van der Waals surface area contributed by atoms with E-state index in [0.29, 0.717) is 5.69 Å². The fourth-order valence-electron chi connectivity index (χ4n) is 4.24. The Balaban J connectivity index is 1.36. The molecule has 2 fully saturated rings. The van der Waals surface area contributed by atoms with E-state index in [2.05, 4.69) is 26.6 Å². The molecule has 6 nitrogen and oxygen atoms in total. The lowest BCUT2D eigenvalue weighted by atomic mass is 9.94. The van der Waals surface area contributed by atoms with Crippen molar-refractivity contribution in [3.05, 3.63) is 47.2 Å².